The fourth-order valence-electron chi connectivity index (χ4n) is 3.76. The van der Waals surface area contributed by atoms with Crippen LogP contribution in [-0.4, -0.2) is 50.2 Å². The van der Waals surface area contributed by atoms with Gasteiger partial charge in [0, 0.05) is 18.4 Å². The smallest absolute Gasteiger partial charge is 0.330 e. The molecule has 8 nitrogen and oxygen atoms in total. The van der Waals surface area contributed by atoms with Crippen molar-refractivity contribution in [2.75, 3.05) is 6.61 Å². The highest BCUT2D eigenvalue weighted by atomic mass is 16.5. The van der Waals surface area contributed by atoms with Crippen LogP contribution in [0.15, 0.2) is 24.3 Å². The zero-order valence-corrected chi connectivity index (χ0v) is 16.8. The third-order valence-corrected chi connectivity index (χ3v) is 5.84. The van der Waals surface area contributed by atoms with Crippen LogP contribution in [0.3, 0.4) is 0 Å². The van der Waals surface area contributed by atoms with E-state index in [9.17, 15) is 14.7 Å². The quantitative estimate of drug-likeness (QED) is 0.789. The molecule has 1 aromatic heterocycles. The zero-order chi connectivity index (χ0) is 20.7. The van der Waals surface area contributed by atoms with Crippen LogP contribution in [0.1, 0.15) is 48.9 Å². The van der Waals surface area contributed by atoms with Gasteiger partial charge >= 0.3 is 5.97 Å². The summed E-state index contributed by atoms with van der Waals surface area (Å²) in [6, 6.07) is 7.67. The van der Waals surface area contributed by atoms with Crippen molar-refractivity contribution < 1.29 is 19.4 Å². The van der Waals surface area contributed by atoms with Gasteiger partial charge in [-0.25, -0.2) is 9.48 Å². The molecular weight excluding hydrogens is 360 g/mol. The molecule has 0 saturated heterocycles. The highest BCUT2D eigenvalue weighted by molar-refractivity contribution is 5.98. The standard InChI is InChI=1S/C20H26N4O4/c1-6-28-15-11-20(18(26)27,19(15,4)5)21-17(25)16-13(3)24(23-22-16)14-9-7-12(2)8-10-14/h7-10,15H,6,11H2,1-5H3,(H,21,25)(H,26,27). The van der Waals surface area contributed by atoms with Crippen LogP contribution in [0.5, 0.6) is 0 Å². The van der Waals surface area contributed by atoms with Gasteiger partial charge in [-0.05, 0) is 32.9 Å². The molecule has 2 unspecified atom stereocenters. The van der Waals surface area contributed by atoms with Crippen molar-refractivity contribution in [1.29, 1.82) is 0 Å². The molecule has 28 heavy (non-hydrogen) atoms. The lowest BCUT2D eigenvalue weighted by Crippen LogP contribution is -2.76. The fraction of sp³-hybridized carbons (Fsp3) is 0.500. The predicted octanol–water partition coefficient (Wildman–Crippen LogP) is 2.27. The molecule has 3 rings (SSSR count). The van der Waals surface area contributed by atoms with Crippen LogP contribution >= 0.6 is 0 Å². The van der Waals surface area contributed by atoms with E-state index < -0.39 is 22.8 Å². The van der Waals surface area contributed by atoms with Crippen LogP contribution in [0, 0.1) is 19.3 Å². The number of hydrogen-bond donors (Lipinski definition) is 2. The molecule has 1 saturated carbocycles. The molecule has 1 amide bonds. The SMILES string of the molecule is CCOC1CC(NC(=O)c2nnn(-c3ccc(C)cc3)c2C)(C(=O)O)C1(C)C. The van der Waals surface area contributed by atoms with Crippen LogP contribution in [0.2, 0.25) is 0 Å². The van der Waals surface area contributed by atoms with Crippen molar-refractivity contribution in [3.63, 3.8) is 0 Å². The molecule has 2 atom stereocenters. The minimum Gasteiger partial charge on any atom is -0.479 e. The molecular formula is C20H26N4O4. The Morgan fingerprint density at radius 3 is 2.46 bits per heavy atom. The summed E-state index contributed by atoms with van der Waals surface area (Å²) in [4.78, 5) is 25.0. The van der Waals surface area contributed by atoms with E-state index >= 15 is 0 Å². The maximum absolute atomic E-state index is 12.9. The van der Waals surface area contributed by atoms with Crippen molar-refractivity contribution in [2.24, 2.45) is 5.41 Å². The van der Waals surface area contributed by atoms with E-state index in [2.05, 4.69) is 15.6 Å². The molecule has 8 heteroatoms. The van der Waals surface area contributed by atoms with E-state index in [1.54, 1.807) is 25.5 Å². The summed E-state index contributed by atoms with van der Waals surface area (Å²) in [5.74, 6) is -1.63. The summed E-state index contributed by atoms with van der Waals surface area (Å²) in [7, 11) is 0. The van der Waals surface area contributed by atoms with E-state index in [4.69, 9.17) is 4.74 Å². The number of nitrogens with zero attached hydrogens (tertiary/aromatic N) is 3. The van der Waals surface area contributed by atoms with Gasteiger partial charge in [0.05, 0.1) is 17.5 Å². The molecule has 1 heterocycles. The van der Waals surface area contributed by atoms with Gasteiger partial charge in [0.25, 0.3) is 5.91 Å². The molecule has 1 aromatic carbocycles. The average Bonchev–Trinajstić information content (AvgIpc) is 3.02. The van der Waals surface area contributed by atoms with Crippen LogP contribution in [0.4, 0.5) is 0 Å². The summed E-state index contributed by atoms with van der Waals surface area (Å²) >= 11 is 0. The Morgan fingerprint density at radius 2 is 1.93 bits per heavy atom. The second-order valence-electron chi connectivity index (χ2n) is 7.81. The second kappa shape index (κ2) is 7.01. The summed E-state index contributed by atoms with van der Waals surface area (Å²) < 4.78 is 7.20. The largest absolute Gasteiger partial charge is 0.479 e. The molecule has 1 fully saturated rings. The summed E-state index contributed by atoms with van der Waals surface area (Å²) in [5, 5.41) is 20.6. The molecule has 0 radical (unpaired) electrons. The zero-order valence-electron chi connectivity index (χ0n) is 16.8. The van der Waals surface area contributed by atoms with Crippen molar-refractivity contribution >= 4 is 11.9 Å². The van der Waals surface area contributed by atoms with Crippen molar-refractivity contribution in [1.82, 2.24) is 20.3 Å². The number of aliphatic carboxylic acids is 1. The monoisotopic (exact) mass is 386 g/mol. The number of aromatic nitrogens is 3. The minimum atomic E-state index is -1.41. The normalized spacial score (nSPS) is 23.1. The van der Waals surface area contributed by atoms with Gasteiger partial charge in [-0.3, -0.25) is 4.79 Å². The van der Waals surface area contributed by atoms with Gasteiger partial charge in [0.15, 0.2) is 5.69 Å². The molecule has 0 bridgehead atoms. The van der Waals surface area contributed by atoms with Crippen molar-refractivity contribution in [2.45, 2.75) is 52.7 Å². The number of carbonyl (C=O) groups excluding carboxylic acids is 1. The minimum absolute atomic E-state index is 0.108. The Balaban J connectivity index is 1.87. The number of aryl methyl sites for hydroxylation is 1. The highest BCUT2D eigenvalue weighted by Gasteiger charge is 2.66. The number of carboxylic acids is 1. The lowest BCUT2D eigenvalue weighted by molar-refractivity contribution is -0.190. The summed E-state index contributed by atoms with van der Waals surface area (Å²) in [6.07, 6.45) is -0.0293. The lowest BCUT2D eigenvalue weighted by atomic mass is 9.54. The Bertz CT molecular complexity index is 903. The number of carbonyl (C=O) groups is 2. The van der Waals surface area contributed by atoms with Gasteiger partial charge in [-0.2, -0.15) is 0 Å². The molecule has 2 aromatic rings. The van der Waals surface area contributed by atoms with Gasteiger partial charge in [-0.15, -0.1) is 5.10 Å². The predicted molar refractivity (Wildman–Crippen MR) is 102 cm³/mol. The van der Waals surface area contributed by atoms with E-state index in [0.29, 0.717) is 12.3 Å². The van der Waals surface area contributed by atoms with Crippen molar-refractivity contribution in [3.05, 3.63) is 41.2 Å². The average molecular weight is 386 g/mol. The topological polar surface area (TPSA) is 106 Å². The first-order valence-electron chi connectivity index (χ1n) is 9.31. The second-order valence-corrected chi connectivity index (χ2v) is 7.81. The van der Waals surface area contributed by atoms with Crippen LogP contribution < -0.4 is 5.32 Å². The summed E-state index contributed by atoms with van der Waals surface area (Å²) in [5.41, 5.74) is 0.370. The van der Waals surface area contributed by atoms with Crippen LogP contribution in [-0.2, 0) is 9.53 Å². The van der Waals surface area contributed by atoms with E-state index in [1.165, 1.54) is 0 Å². The van der Waals surface area contributed by atoms with Gasteiger partial charge < -0.3 is 15.2 Å². The fourth-order valence-corrected chi connectivity index (χ4v) is 3.76. The molecule has 2 N–H and O–H groups in total. The van der Waals surface area contributed by atoms with Gasteiger partial charge in [0.1, 0.15) is 5.54 Å². The maximum Gasteiger partial charge on any atom is 0.330 e. The first kappa shape index (κ1) is 20.0. The summed E-state index contributed by atoms with van der Waals surface area (Å²) in [6.45, 7) is 9.65. The van der Waals surface area contributed by atoms with Crippen molar-refractivity contribution in [3.8, 4) is 5.69 Å². The molecule has 0 spiro atoms. The molecule has 1 aliphatic carbocycles. The van der Waals surface area contributed by atoms with Crippen LogP contribution in [0.25, 0.3) is 5.69 Å². The maximum atomic E-state index is 12.9. The Hall–Kier alpha value is -2.74. The third-order valence-electron chi connectivity index (χ3n) is 5.84. The Labute approximate surface area is 163 Å². The molecule has 1 aliphatic rings. The Kier molecular flexibility index (Phi) is 5.01. The number of benzene rings is 1. The van der Waals surface area contributed by atoms with E-state index in [0.717, 1.165) is 11.3 Å². The number of nitrogens with one attached hydrogen (secondary N) is 1. The number of amides is 1. The number of carboxylic acid groups (broad SMARTS) is 1. The number of rotatable bonds is 6. The van der Waals surface area contributed by atoms with E-state index in [1.807, 2.05) is 38.1 Å². The van der Waals surface area contributed by atoms with Gasteiger partial charge in [-0.1, -0.05) is 36.8 Å². The number of ether oxygens (including phenoxy) is 1. The highest BCUT2D eigenvalue weighted by Crippen LogP contribution is 2.51. The first-order chi connectivity index (χ1) is 13.1. The Morgan fingerprint density at radius 1 is 1.29 bits per heavy atom. The lowest BCUT2D eigenvalue weighted by Gasteiger charge is -2.58. The van der Waals surface area contributed by atoms with Gasteiger partial charge in [0.2, 0.25) is 0 Å². The molecule has 150 valence electrons. The third kappa shape index (κ3) is 2.97. The molecule has 0 aliphatic heterocycles. The first-order valence-corrected chi connectivity index (χ1v) is 9.31. The number of hydrogen-bond acceptors (Lipinski definition) is 5. The van der Waals surface area contributed by atoms with E-state index in [-0.39, 0.29) is 18.2 Å².